The van der Waals surface area contributed by atoms with Crippen LogP contribution in [0.5, 0.6) is 0 Å². The minimum absolute atomic E-state index is 0.0927. The molecule has 0 saturated carbocycles. The van der Waals surface area contributed by atoms with Gasteiger partial charge in [0, 0.05) is 0 Å². The van der Waals surface area contributed by atoms with Gasteiger partial charge in [0.1, 0.15) is 0 Å². The van der Waals surface area contributed by atoms with Crippen LogP contribution in [0.1, 0.15) is 10.4 Å². The van der Waals surface area contributed by atoms with Crippen molar-refractivity contribution in [1.82, 2.24) is 9.55 Å². The van der Waals surface area contributed by atoms with E-state index in [2.05, 4.69) is 4.98 Å². The van der Waals surface area contributed by atoms with Crippen molar-refractivity contribution in [2.24, 2.45) is 0 Å². The summed E-state index contributed by atoms with van der Waals surface area (Å²) < 4.78 is 16.3. The van der Waals surface area contributed by atoms with Crippen molar-refractivity contribution < 1.29 is 4.39 Å². The van der Waals surface area contributed by atoms with Gasteiger partial charge in [-0.15, -0.1) is 0 Å². The SMILES string of the molecule is Fc1ccc([Se]C(Cn2ccnc2)c2ccc(Cl)cc2Cl)cc1. The summed E-state index contributed by atoms with van der Waals surface area (Å²) in [6, 6.07) is 12.2. The van der Waals surface area contributed by atoms with E-state index < -0.39 is 0 Å². The topological polar surface area (TPSA) is 17.8 Å². The van der Waals surface area contributed by atoms with Crippen LogP contribution in [0.2, 0.25) is 10.0 Å². The summed E-state index contributed by atoms with van der Waals surface area (Å²) in [7, 11) is 0. The normalized spacial score (nSPS) is 12.3. The zero-order chi connectivity index (χ0) is 16.2. The van der Waals surface area contributed by atoms with Gasteiger partial charge >= 0.3 is 151 Å². The van der Waals surface area contributed by atoms with E-state index >= 15 is 0 Å². The molecular formula is C17H13Cl2FN2Se. The summed E-state index contributed by atoms with van der Waals surface area (Å²) in [6.45, 7) is 0.763. The summed E-state index contributed by atoms with van der Waals surface area (Å²) in [5, 5.41) is 1.28. The second-order valence-electron chi connectivity index (χ2n) is 4.99. The van der Waals surface area contributed by atoms with Crippen LogP contribution in [0.3, 0.4) is 0 Å². The van der Waals surface area contributed by atoms with Crippen LogP contribution in [0, 0.1) is 5.82 Å². The molecule has 0 radical (unpaired) electrons. The first-order valence-corrected chi connectivity index (χ1v) is 9.55. The van der Waals surface area contributed by atoms with Gasteiger partial charge in [-0.1, -0.05) is 0 Å². The summed E-state index contributed by atoms with van der Waals surface area (Å²) in [4.78, 5) is 4.29. The fourth-order valence-electron chi connectivity index (χ4n) is 2.23. The Balaban J connectivity index is 1.90. The quantitative estimate of drug-likeness (QED) is 0.575. The van der Waals surface area contributed by atoms with Crippen LogP contribution in [0.4, 0.5) is 4.39 Å². The van der Waals surface area contributed by atoms with Crippen LogP contribution < -0.4 is 4.46 Å². The molecule has 3 rings (SSSR count). The Kier molecular flexibility index (Phi) is 5.39. The van der Waals surface area contributed by atoms with E-state index in [0.717, 1.165) is 16.6 Å². The van der Waals surface area contributed by atoms with Crippen molar-refractivity contribution >= 4 is 42.6 Å². The zero-order valence-electron chi connectivity index (χ0n) is 12.0. The van der Waals surface area contributed by atoms with E-state index in [1.54, 1.807) is 18.6 Å². The monoisotopic (exact) mass is 414 g/mol. The summed E-state index contributed by atoms with van der Waals surface area (Å²) in [6.07, 6.45) is 5.47. The molecule has 0 saturated heterocycles. The molecule has 0 aliphatic carbocycles. The molecule has 0 spiro atoms. The van der Waals surface area contributed by atoms with E-state index in [1.807, 2.05) is 35.0 Å². The van der Waals surface area contributed by atoms with E-state index in [1.165, 1.54) is 12.1 Å². The number of hydrogen-bond donors (Lipinski definition) is 0. The molecule has 2 aromatic carbocycles. The molecule has 1 atom stereocenters. The van der Waals surface area contributed by atoms with Gasteiger partial charge in [-0.2, -0.15) is 0 Å². The molecule has 118 valence electrons. The second-order valence-corrected chi connectivity index (χ2v) is 8.51. The van der Waals surface area contributed by atoms with Crippen LogP contribution >= 0.6 is 23.2 Å². The fourth-order valence-corrected chi connectivity index (χ4v) is 5.43. The molecule has 3 aromatic rings. The van der Waals surface area contributed by atoms with Gasteiger partial charge in [0.15, 0.2) is 0 Å². The summed E-state index contributed by atoms with van der Waals surface area (Å²) in [5.41, 5.74) is 1.05. The van der Waals surface area contributed by atoms with Crippen LogP contribution in [0.25, 0.3) is 0 Å². The van der Waals surface area contributed by atoms with Crippen molar-refractivity contribution in [1.29, 1.82) is 0 Å². The number of hydrogen-bond acceptors (Lipinski definition) is 1. The Labute approximate surface area is 150 Å². The van der Waals surface area contributed by atoms with E-state index in [4.69, 9.17) is 23.2 Å². The number of imidazole rings is 1. The van der Waals surface area contributed by atoms with Gasteiger partial charge < -0.3 is 0 Å². The number of rotatable bonds is 5. The van der Waals surface area contributed by atoms with Gasteiger partial charge in [-0.3, -0.25) is 0 Å². The maximum atomic E-state index is 13.1. The van der Waals surface area contributed by atoms with E-state index in [0.29, 0.717) is 10.0 Å². The van der Waals surface area contributed by atoms with Crippen LogP contribution in [-0.2, 0) is 6.54 Å². The summed E-state index contributed by atoms with van der Waals surface area (Å²) in [5.74, 6) is -0.222. The second kappa shape index (κ2) is 7.50. The van der Waals surface area contributed by atoms with Gasteiger partial charge in [0.05, 0.1) is 0 Å². The van der Waals surface area contributed by atoms with E-state index in [-0.39, 0.29) is 25.6 Å². The molecule has 23 heavy (non-hydrogen) atoms. The van der Waals surface area contributed by atoms with Gasteiger partial charge in [0.2, 0.25) is 0 Å². The third kappa shape index (κ3) is 4.36. The molecule has 0 fully saturated rings. The Morgan fingerprint density at radius 2 is 1.91 bits per heavy atom. The third-order valence-electron chi connectivity index (χ3n) is 3.34. The van der Waals surface area contributed by atoms with Crippen molar-refractivity contribution in [3.8, 4) is 0 Å². The predicted octanol–water partition coefficient (Wildman–Crippen LogP) is 4.10. The number of nitrogens with zero attached hydrogens (tertiary/aromatic N) is 2. The summed E-state index contributed by atoms with van der Waals surface area (Å²) >= 11 is 12.5. The van der Waals surface area contributed by atoms with Crippen molar-refractivity contribution in [2.45, 2.75) is 11.4 Å². The maximum absolute atomic E-state index is 13.1. The fraction of sp³-hybridized carbons (Fsp3) is 0.118. The number of benzene rings is 2. The van der Waals surface area contributed by atoms with Gasteiger partial charge in [0.25, 0.3) is 0 Å². The molecule has 1 aromatic heterocycles. The average Bonchev–Trinajstić information content (AvgIpc) is 3.02. The number of halogens is 3. The van der Waals surface area contributed by atoms with Crippen LogP contribution in [-0.4, -0.2) is 24.5 Å². The molecule has 0 aliphatic rings. The molecule has 0 bridgehead atoms. The molecule has 0 N–H and O–H groups in total. The van der Waals surface area contributed by atoms with Crippen LogP contribution in [0.15, 0.2) is 61.2 Å². The first kappa shape index (κ1) is 16.5. The van der Waals surface area contributed by atoms with Crippen molar-refractivity contribution in [3.63, 3.8) is 0 Å². The minimum atomic E-state index is -0.222. The number of aromatic nitrogens is 2. The average molecular weight is 414 g/mol. The molecule has 1 unspecified atom stereocenters. The Morgan fingerprint density at radius 3 is 2.57 bits per heavy atom. The molecule has 6 heteroatoms. The van der Waals surface area contributed by atoms with E-state index in [9.17, 15) is 4.39 Å². The zero-order valence-corrected chi connectivity index (χ0v) is 15.2. The van der Waals surface area contributed by atoms with Crippen molar-refractivity contribution in [2.75, 3.05) is 0 Å². The Bertz CT molecular complexity index is 776. The Hall–Kier alpha value is -1.32. The van der Waals surface area contributed by atoms with Crippen molar-refractivity contribution in [3.05, 3.63) is 82.6 Å². The van der Waals surface area contributed by atoms with Gasteiger partial charge in [-0.25, -0.2) is 0 Å². The third-order valence-corrected chi connectivity index (χ3v) is 6.48. The first-order chi connectivity index (χ1) is 11.1. The molecular weight excluding hydrogens is 401 g/mol. The predicted molar refractivity (Wildman–Crippen MR) is 93.2 cm³/mol. The molecule has 0 aliphatic heterocycles. The van der Waals surface area contributed by atoms with Gasteiger partial charge in [-0.05, 0) is 0 Å². The Morgan fingerprint density at radius 1 is 1.13 bits per heavy atom. The molecule has 0 amide bonds. The molecule has 2 nitrogen and oxygen atoms in total. The standard InChI is InChI=1S/C17H13Cl2FN2Se/c18-12-1-6-15(16(19)9-12)17(10-22-8-7-21-11-22)23-14-4-2-13(20)3-5-14/h1-9,11,17H,10H2. The first-order valence-electron chi connectivity index (χ1n) is 6.95. The molecule has 1 heterocycles.